The van der Waals surface area contributed by atoms with Crippen LogP contribution in [0.25, 0.3) is 0 Å². The van der Waals surface area contributed by atoms with Gasteiger partial charge in [-0.3, -0.25) is 14.9 Å². The van der Waals surface area contributed by atoms with Gasteiger partial charge in [0.25, 0.3) is 11.8 Å². The number of anilines is 1. The van der Waals surface area contributed by atoms with E-state index in [0.717, 1.165) is 25.9 Å². The summed E-state index contributed by atoms with van der Waals surface area (Å²) in [5.74, 6) is 0.156. The molecule has 1 heterocycles. The van der Waals surface area contributed by atoms with Crippen molar-refractivity contribution in [2.75, 3.05) is 25.1 Å². The third-order valence-corrected chi connectivity index (χ3v) is 6.66. The van der Waals surface area contributed by atoms with Crippen molar-refractivity contribution in [3.05, 3.63) is 94.0 Å². The van der Waals surface area contributed by atoms with Crippen molar-refractivity contribution in [1.82, 2.24) is 10.6 Å². The molecule has 2 amide bonds. The van der Waals surface area contributed by atoms with Crippen LogP contribution in [0.3, 0.4) is 0 Å². The molecule has 1 aliphatic rings. The Morgan fingerprint density at radius 2 is 1.76 bits per heavy atom. The van der Waals surface area contributed by atoms with Gasteiger partial charge in [0.05, 0.1) is 17.2 Å². The maximum atomic E-state index is 12.7. The van der Waals surface area contributed by atoms with Crippen LogP contribution in [0.2, 0.25) is 0 Å². The summed E-state index contributed by atoms with van der Waals surface area (Å²) in [6.07, 6.45) is 2.88. The minimum atomic E-state index is -0.348. The van der Waals surface area contributed by atoms with Crippen LogP contribution in [0.1, 0.15) is 39.1 Å². The van der Waals surface area contributed by atoms with Crippen molar-refractivity contribution < 1.29 is 19.1 Å². The minimum Gasteiger partial charge on any atom is -0.492 e. The molecule has 0 aliphatic carbocycles. The first-order valence-corrected chi connectivity index (χ1v) is 13.3. The number of hydrogen-bond donors (Lipinski definition) is 3. The number of hydrogen-bond acceptors (Lipinski definition) is 5. The van der Waals surface area contributed by atoms with Crippen molar-refractivity contribution in [3.63, 3.8) is 0 Å². The molecule has 0 saturated carbocycles. The van der Waals surface area contributed by atoms with Gasteiger partial charge in [-0.25, -0.2) is 0 Å². The lowest BCUT2D eigenvalue weighted by Gasteiger charge is -2.13. The number of amides is 2. The van der Waals surface area contributed by atoms with Gasteiger partial charge in [-0.15, -0.1) is 0 Å². The summed E-state index contributed by atoms with van der Waals surface area (Å²) in [5.41, 5.74) is 2.83. The Labute approximate surface area is 230 Å². The molecule has 1 unspecified atom stereocenters. The summed E-state index contributed by atoms with van der Waals surface area (Å²) < 4.78 is 12.1. The van der Waals surface area contributed by atoms with Crippen molar-refractivity contribution in [2.24, 2.45) is 0 Å². The zero-order valence-electron chi connectivity index (χ0n) is 20.2. The number of nitrogens with one attached hydrogen (secondary N) is 3. The summed E-state index contributed by atoms with van der Waals surface area (Å²) in [6.45, 7) is 1.78. The standard InChI is InChI=1S/C28H28BrN3O4S/c29-24-17-21(10-13-25(24)36-16-14-19-5-2-1-3-6-19)27(34)32-28(37)31-22-11-8-20(9-12-22)26(33)30-18-23-7-4-15-35-23/h1-3,5-6,8-13,17,23H,4,7,14-16,18H2,(H,30,33)(H2,31,32,34,37). The SMILES string of the molecule is O=C(NCC1CCCO1)c1ccc(NC(=S)NC(=O)c2ccc(OCCc3ccccc3)c(Br)c2)cc1. The molecule has 3 N–H and O–H groups in total. The number of thiocarbonyl (C=S) groups is 1. The second-order valence-electron chi connectivity index (χ2n) is 8.56. The zero-order valence-corrected chi connectivity index (χ0v) is 22.6. The van der Waals surface area contributed by atoms with E-state index in [-0.39, 0.29) is 23.0 Å². The van der Waals surface area contributed by atoms with Gasteiger partial charge < -0.3 is 20.1 Å². The molecule has 0 bridgehead atoms. The van der Waals surface area contributed by atoms with Gasteiger partial charge in [-0.05, 0) is 89.0 Å². The number of ether oxygens (including phenoxy) is 2. The van der Waals surface area contributed by atoms with Gasteiger partial charge in [-0.1, -0.05) is 30.3 Å². The quantitative estimate of drug-likeness (QED) is 0.304. The molecular weight excluding hydrogens is 554 g/mol. The minimum absolute atomic E-state index is 0.0925. The molecule has 1 fully saturated rings. The number of carbonyl (C=O) groups excluding carboxylic acids is 2. The molecule has 1 atom stereocenters. The molecule has 1 aliphatic heterocycles. The molecule has 4 rings (SSSR count). The van der Waals surface area contributed by atoms with E-state index in [2.05, 4.69) is 44.0 Å². The largest absolute Gasteiger partial charge is 0.492 e. The molecule has 3 aromatic rings. The molecule has 0 aromatic heterocycles. The van der Waals surface area contributed by atoms with Gasteiger partial charge in [0.2, 0.25) is 0 Å². The molecule has 37 heavy (non-hydrogen) atoms. The predicted molar refractivity (Wildman–Crippen MR) is 151 cm³/mol. The second-order valence-corrected chi connectivity index (χ2v) is 9.82. The molecule has 7 nitrogen and oxygen atoms in total. The first-order chi connectivity index (χ1) is 18.0. The topological polar surface area (TPSA) is 88.7 Å². The van der Waals surface area contributed by atoms with Crippen LogP contribution in [0.15, 0.2) is 77.3 Å². The summed E-state index contributed by atoms with van der Waals surface area (Å²) in [7, 11) is 0. The third-order valence-electron chi connectivity index (χ3n) is 5.83. The molecule has 1 saturated heterocycles. The fourth-order valence-corrected chi connectivity index (χ4v) is 4.54. The van der Waals surface area contributed by atoms with Gasteiger partial charge in [0.1, 0.15) is 5.75 Å². The Hall–Kier alpha value is -3.27. The Kier molecular flexibility index (Phi) is 9.65. The van der Waals surface area contributed by atoms with Crippen molar-refractivity contribution in [2.45, 2.75) is 25.4 Å². The van der Waals surface area contributed by atoms with E-state index in [1.54, 1.807) is 42.5 Å². The summed E-state index contributed by atoms with van der Waals surface area (Å²) in [4.78, 5) is 25.0. The maximum Gasteiger partial charge on any atom is 0.257 e. The van der Waals surface area contributed by atoms with Crippen molar-refractivity contribution in [3.8, 4) is 5.75 Å². The van der Waals surface area contributed by atoms with Crippen molar-refractivity contribution in [1.29, 1.82) is 0 Å². The first-order valence-electron chi connectivity index (χ1n) is 12.1. The molecule has 3 aromatic carbocycles. The summed E-state index contributed by atoms with van der Waals surface area (Å²) in [6, 6.07) is 22.1. The van der Waals surface area contributed by atoms with Crippen LogP contribution in [0.5, 0.6) is 5.75 Å². The first kappa shape index (κ1) is 26.8. The van der Waals surface area contributed by atoms with Gasteiger partial charge in [-0.2, -0.15) is 0 Å². The van der Waals surface area contributed by atoms with E-state index in [1.165, 1.54) is 5.56 Å². The third kappa shape index (κ3) is 8.11. The normalized spacial score (nSPS) is 14.6. The Balaban J connectivity index is 1.23. The molecule has 0 radical (unpaired) electrons. The van der Waals surface area contributed by atoms with E-state index in [4.69, 9.17) is 21.7 Å². The number of rotatable bonds is 9. The molecule has 9 heteroatoms. The van der Waals surface area contributed by atoms with Crippen molar-refractivity contribution >= 4 is 50.8 Å². The lowest BCUT2D eigenvalue weighted by molar-refractivity contribution is 0.0857. The van der Waals surface area contributed by atoms with Gasteiger partial charge >= 0.3 is 0 Å². The summed E-state index contributed by atoms with van der Waals surface area (Å²) >= 11 is 8.77. The van der Waals surface area contributed by atoms with Crippen LogP contribution in [0, 0.1) is 0 Å². The van der Waals surface area contributed by atoms with Crippen LogP contribution in [0.4, 0.5) is 5.69 Å². The zero-order chi connectivity index (χ0) is 26.0. The highest BCUT2D eigenvalue weighted by atomic mass is 79.9. The van der Waals surface area contributed by atoms with Gasteiger partial charge in [0, 0.05) is 36.4 Å². The van der Waals surface area contributed by atoms with Crippen LogP contribution < -0.4 is 20.7 Å². The second kappa shape index (κ2) is 13.3. The highest BCUT2D eigenvalue weighted by Gasteiger charge is 2.17. The van der Waals surface area contributed by atoms with E-state index >= 15 is 0 Å². The van der Waals surface area contributed by atoms with Crippen LogP contribution in [-0.2, 0) is 11.2 Å². The molecular formula is C28H28BrN3O4S. The maximum absolute atomic E-state index is 12.7. The fraction of sp³-hybridized carbons (Fsp3) is 0.250. The summed E-state index contributed by atoms with van der Waals surface area (Å²) in [5, 5.41) is 8.68. The number of halogens is 1. The Bertz CT molecular complexity index is 1230. The smallest absolute Gasteiger partial charge is 0.257 e. The highest BCUT2D eigenvalue weighted by Crippen LogP contribution is 2.26. The van der Waals surface area contributed by atoms with Crippen LogP contribution >= 0.6 is 28.1 Å². The Morgan fingerprint density at radius 1 is 1.00 bits per heavy atom. The van der Waals surface area contributed by atoms with E-state index < -0.39 is 0 Å². The van der Waals surface area contributed by atoms with E-state index in [0.29, 0.717) is 40.2 Å². The van der Waals surface area contributed by atoms with E-state index in [1.807, 2.05) is 18.2 Å². The highest BCUT2D eigenvalue weighted by molar-refractivity contribution is 9.10. The monoisotopic (exact) mass is 581 g/mol. The molecule has 0 spiro atoms. The van der Waals surface area contributed by atoms with Crippen LogP contribution in [-0.4, -0.2) is 42.8 Å². The van der Waals surface area contributed by atoms with Gasteiger partial charge in [0.15, 0.2) is 5.11 Å². The predicted octanol–water partition coefficient (Wildman–Crippen LogP) is 5.11. The average molecular weight is 583 g/mol. The lowest BCUT2D eigenvalue weighted by Crippen LogP contribution is -2.34. The number of benzene rings is 3. The molecule has 192 valence electrons. The lowest BCUT2D eigenvalue weighted by atomic mass is 10.2. The van der Waals surface area contributed by atoms with E-state index in [9.17, 15) is 9.59 Å². The fourth-order valence-electron chi connectivity index (χ4n) is 3.84. The Morgan fingerprint density at radius 3 is 2.46 bits per heavy atom. The number of carbonyl (C=O) groups is 2. The average Bonchev–Trinajstić information content (AvgIpc) is 3.43.